The average molecular weight is 280 g/mol. The van der Waals surface area contributed by atoms with Crippen molar-refractivity contribution in [3.63, 3.8) is 0 Å². The second-order valence-corrected chi connectivity index (χ2v) is 5.93. The second kappa shape index (κ2) is 5.48. The maximum absolute atomic E-state index is 6.21. The molecule has 0 amide bonds. The van der Waals surface area contributed by atoms with Gasteiger partial charge in [-0.25, -0.2) is 0 Å². The molecule has 1 aromatic rings. The van der Waals surface area contributed by atoms with Crippen LogP contribution in [0.15, 0.2) is 16.5 Å². The minimum atomic E-state index is -0.424. The van der Waals surface area contributed by atoms with E-state index in [1.807, 2.05) is 26.0 Å². The molecule has 3 rings (SSSR count). The molecule has 0 aliphatic carbocycles. The summed E-state index contributed by atoms with van der Waals surface area (Å²) in [4.78, 5) is 2.34. The number of piperidine rings is 1. The Labute approximate surface area is 120 Å². The van der Waals surface area contributed by atoms with E-state index >= 15 is 0 Å². The van der Waals surface area contributed by atoms with E-state index in [1.165, 1.54) is 0 Å². The fourth-order valence-electron chi connectivity index (χ4n) is 3.37. The van der Waals surface area contributed by atoms with Gasteiger partial charge >= 0.3 is 0 Å². The fraction of sp³-hybridized carbons (Fsp3) is 0.733. The Morgan fingerprint density at radius 3 is 2.65 bits per heavy atom. The molecule has 2 saturated heterocycles. The van der Waals surface area contributed by atoms with Gasteiger partial charge in [0.05, 0.1) is 25.8 Å². The van der Waals surface area contributed by atoms with Crippen LogP contribution in [-0.2, 0) is 9.47 Å². The molecule has 1 spiro atoms. The van der Waals surface area contributed by atoms with Gasteiger partial charge in [-0.2, -0.15) is 0 Å². The van der Waals surface area contributed by atoms with Gasteiger partial charge in [-0.1, -0.05) is 0 Å². The van der Waals surface area contributed by atoms with Crippen LogP contribution in [0.2, 0.25) is 0 Å². The Morgan fingerprint density at radius 1 is 1.30 bits per heavy atom. The Morgan fingerprint density at radius 2 is 2.05 bits per heavy atom. The predicted molar refractivity (Wildman–Crippen MR) is 75.3 cm³/mol. The number of rotatable bonds is 3. The highest BCUT2D eigenvalue weighted by Gasteiger charge is 2.43. The van der Waals surface area contributed by atoms with Gasteiger partial charge in [0.2, 0.25) is 0 Å². The first-order chi connectivity index (χ1) is 9.60. The summed E-state index contributed by atoms with van der Waals surface area (Å²) in [6.07, 6.45) is 2.02. The zero-order chi connectivity index (χ0) is 14.2. The largest absolute Gasteiger partial charge is 0.465 e. The maximum atomic E-state index is 6.21. The predicted octanol–water partition coefficient (Wildman–Crippen LogP) is 1.82. The molecular formula is C15H24N2O3. The maximum Gasteiger partial charge on any atom is 0.181 e. The van der Waals surface area contributed by atoms with Crippen molar-refractivity contribution in [3.8, 4) is 0 Å². The Hall–Kier alpha value is -0.880. The van der Waals surface area contributed by atoms with Crippen LogP contribution >= 0.6 is 0 Å². The van der Waals surface area contributed by atoms with Crippen molar-refractivity contribution in [2.75, 3.05) is 26.3 Å². The summed E-state index contributed by atoms with van der Waals surface area (Å²) >= 11 is 0. The van der Waals surface area contributed by atoms with Crippen LogP contribution in [0.25, 0.3) is 0 Å². The van der Waals surface area contributed by atoms with Crippen molar-refractivity contribution in [3.05, 3.63) is 23.7 Å². The minimum Gasteiger partial charge on any atom is -0.465 e. The zero-order valence-electron chi connectivity index (χ0n) is 12.3. The van der Waals surface area contributed by atoms with E-state index in [0.29, 0.717) is 13.2 Å². The van der Waals surface area contributed by atoms with Crippen molar-refractivity contribution >= 4 is 0 Å². The van der Waals surface area contributed by atoms with Crippen molar-refractivity contribution in [2.24, 2.45) is 5.73 Å². The van der Waals surface area contributed by atoms with Crippen LogP contribution in [-0.4, -0.2) is 43.0 Å². The number of nitrogens with zero attached hydrogens (tertiary/aromatic N) is 1. The first-order valence-electron chi connectivity index (χ1n) is 7.43. The van der Waals surface area contributed by atoms with Gasteiger partial charge in [-0.05, 0) is 38.9 Å². The number of furan rings is 1. The third kappa shape index (κ3) is 2.63. The summed E-state index contributed by atoms with van der Waals surface area (Å²) in [5.41, 5.74) is 6.21. The van der Waals surface area contributed by atoms with Crippen LogP contribution < -0.4 is 5.73 Å². The number of nitrogens with two attached hydrogens (primary N) is 1. The molecule has 0 bridgehead atoms. The summed E-state index contributed by atoms with van der Waals surface area (Å²) in [7, 11) is 0. The summed E-state index contributed by atoms with van der Waals surface area (Å²) < 4.78 is 17.5. The van der Waals surface area contributed by atoms with Gasteiger partial charge in [-0.15, -0.1) is 0 Å². The van der Waals surface area contributed by atoms with E-state index in [-0.39, 0.29) is 12.1 Å². The molecule has 2 N–H and O–H groups in total. The van der Waals surface area contributed by atoms with Gasteiger partial charge in [0.1, 0.15) is 11.5 Å². The van der Waals surface area contributed by atoms with Gasteiger partial charge in [0.25, 0.3) is 0 Å². The fourth-order valence-corrected chi connectivity index (χ4v) is 3.37. The number of hydrogen-bond donors (Lipinski definition) is 1. The van der Waals surface area contributed by atoms with E-state index in [1.54, 1.807) is 0 Å². The number of ether oxygens (including phenoxy) is 2. The second-order valence-electron chi connectivity index (χ2n) is 5.93. The SMILES string of the molecule is Cc1ccc(C(C(C)N)N2CCCC3(C2)OCCO3)o1. The van der Waals surface area contributed by atoms with Crippen LogP contribution in [0.5, 0.6) is 0 Å². The molecule has 0 radical (unpaired) electrons. The Bertz CT molecular complexity index is 452. The zero-order valence-corrected chi connectivity index (χ0v) is 12.3. The third-order valence-electron chi connectivity index (χ3n) is 4.20. The molecule has 2 fully saturated rings. The van der Waals surface area contributed by atoms with Crippen LogP contribution in [0, 0.1) is 6.92 Å². The molecule has 2 aliphatic rings. The van der Waals surface area contributed by atoms with E-state index < -0.39 is 5.79 Å². The first-order valence-corrected chi connectivity index (χ1v) is 7.43. The molecule has 2 atom stereocenters. The molecule has 5 nitrogen and oxygen atoms in total. The summed E-state index contributed by atoms with van der Waals surface area (Å²) in [6, 6.07) is 4.10. The molecular weight excluding hydrogens is 256 g/mol. The quantitative estimate of drug-likeness (QED) is 0.915. The number of hydrogen-bond acceptors (Lipinski definition) is 5. The molecule has 1 aromatic heterocycles. The smallest absolute Gasteiger partial charge is 0.181 e. The van der Waals surface area contributed by atoms with Crippen molar-refractivity contribution in [2.45, 2.75) is 44.6 Å². The van der Waals surface area contributed by atoms with Crippen molar-refractivity contribution in [1.82, 2.24) is 4.90 Å². The van der Waals surface area contributed by atoms with Gasteiger partial charge in [0, 0.05) is 12.5 Å². The highest BCUT2D eigenvalue weighted by Crippen LogP contribution is 2.35. The molecule has 3 heterocycles. The Kier molecular flexibility index (Phi) is 3.86. The van der Waals surface area contributed by atoms with Gasteiger partial charge in [0.15, 0.2) is 5.79 Å². The standard InChI is InChI=1S/C15H24N2O3/c1-11-4-5-13(20-11)14(12(2)16)17-7-3-6-15(10-17)18-8-9-19-15/h4-5,12,14H,3,6-10,16H2,1-2H3. The van der Waals surface area contributed by atoms with Crippen LogP contribution in [0.1, 0.15) is 37.3 Å². The van der Waals surface area contributed by atoms with Crippen LogP contribution in [0.3, 0.4) is 0 Å². The topological polar surface area (TPSA) is 60.9 Å². The van der Waals surface area contributed by atoms with E-state index in [0.717, 1.165) is 37.5 Å². The molecule has 112 valence electrons. The first kappa shape index (κ1) is 14.1. The van der Waals surface area contributed by atoms with E-state index in [4.69, 9.17) is 19.6 Å². The number of likely N-dealkylation sites (tertiary alicyclic amines) is 1. The summed E-state index contributed by atoms with van der Waals surface area (Å²) in [5, 5.41) is 0. The molecule has 5 heteroatoms. The molecule has 2 unspecified atom stereocenters. The lowest BCUT2D eigenvalue weighted by Crippen LogP contribution is -2.52. The molecule has 2 aliphatic heterocycles. The highest BCUT2D eigenvalue weighted by molar-refractivity contribution is 5.12. The molecule has 20 heavy (non-hydrogen) atoms. The van der Waals surface area contributed by atoms with Gasteiger partial charge in [-0.3, -0.25) is 4.90 Å². The lowest BCUT2D eigenvalue weighted by molar-refractivity contribution is -0.195. The van der Waals surface area contributed by atoms with E-state index in [2.05, 4.69) is 4.90 Å². The van der Waals surface area contributed by atoms with Crippen molar-refractivity contribution in [1.29, 1.82) is 0 Å². The van der Waals surface area contributed by atoms with Crippen molar-refractivity contribution < 1.29 is 13.9 Å². The lowest BCUT2D eigenvalue weighted by Gasteiger charge is -2.42. The average Bonchev–Trinajstić information content (AvgIpc) is 3.00. The van der Waals surface area contributed by atoms with E-state index in [9.17, 15) is 0 Å². The normalized spacial score (nSPS) is 25.9. The van der Waals surface area contributed by atoms with Crippen LogP contribution in [0.4, 0.5) is 0 Å². The highest BCUT2D eigenvalue weighted by atomic mass is 16.7. The lowest BCUT2D eigenvalue weighted by atomic mass is 9.98. The monoisotopic (exact) mass is 280 g/mol. The molecule has 0 saturated carbocycles. The molecule has 0 aromatic carbocycles. The number of aryl methyl sites for hydroxylation is 1. The summed E-state index contributed by atoms with van der Waals surface area (Å²) in [5.74, 6) is 1.44. The summed E-state index contributed by atoms with van der Waals surface area (Å²) in [6.45, 7) is 7.13. The minimum absolute atomic E-state index is 0.00268. The third-order valence-corrected chi connectivity index (χ3v) is 4.20. The Balaban J connectivity index is 1.80. The van der Waals surface area contributed by atoms with Gasteiger partial charge < -0.3 is 19.6 Å².